The van der Waals surface area contributed by atoms with Gasteiger partial charge in [0.05, 0.1) is 19.6 Å². The van der Waals surface area contributed by atoms with Crippen LogP contribution in [-0.2, 0) is 13.0 Å². The van der Waals surface area contributed by atoms with E-state index in [4.69, 9.17) is 15.1 Å². The molecule has 1 aromatic carbocycles. The Morgan fingerprint density at radius 2 is 2.28 bits per heavy atom. The molecule has 18 heavy (non-hydrogen) atoms. The van der Waals surface area contributed by atoms with Gasteiger partial charge in [-0.15, -0.1) is 0 Å². The van der Waals surface area contributed by atoms with Gasteiger partial charge in [0.25, 0.3) is 0 Å². The quantitative estimate of drug-likeness (QED) is 0.876. The fourth-order valence-corrected chi connectivity index (χ4v) is 2.13. The molecule has 0 aliphatic heterocycles. The lowest BCUT2D eigenvalue weighted by atomic mass is 10.1. The van der Waals surface area contributed by atoms with Crippen LogP contribution in [0.2, 0.25) is 0 Å². The monoisotopic (exact) mass is 244 g/mol. The highest BCUT2D eigenvalue weighted by atomic mass is 16.5. The molecule has 0 aliphatic carbocycles. The summed E-state index contributed by atoms with van der Waals surface area (Å²) in [6, 6.07) is 8.04. The zero-order valence-corrected chi connectivity index (χ0v) is 10.4. The van der Waals surface area contributed by atoms with Crippen LogP contribution in [0.4, 0.5) is 0 Å². The summed E-state index contributed by atoms with van der Waals surface area (Å²) in [5.74, 6) is 0.793. The first-order valence-electron chi connectivity index (χ1n) is 5.93. The number of aryl methyl sites for hydroxylation is 1. The maximum absolute atomic E-state index is 8.91. The van der Waals surface area contributed by atoms with Crippen molar-refractivity contribution in [2.24, 2.45) is 0 Å². The van der Waals surface area contributed by atoms with Crippen LogP contribution in [0.3, 0.4) is 0 Å². The number of nitriles is 1. The second kappa shape index (κ2) is 5.56. The summed E-state index contributed by atoms with van der Waals surface area (Å²) in [5, 5.41) is 18.8. The molecule has 1 heterocycles. The Labute approximate surface area is 106 Å². The van der Waals surface area contributed by atoms with Gasteiger partial charge in [-0.1, -0.05) is 0 Å². The molecule has 4 nitrogen and oxygen atoms in total. The van der Waals surface area contributed by atoms with Gasteiger partial charge in [0, 0.05) is 30.3 Å². The van der Waals surface area contributed by atoms with E-state index in [9.17, 15) is 0 Å². The van der Waals surface area contributed by atoms with E-state index in [1.165, 1.54) is 0 Å². The first-order valence-corrected chi connectivity index (χ1v) is 5.93. The predicted molar refractivity (Wildman–Crippen MR) is 69.5 cm³/mol. The van der Waals surface area contributed by atoms with Gasteiger partial charge in [-0.2, -0.15) is 5.26 Å². The molecule has 0 bridgehead atoms. The van der Waals surface area contributed by atoms with Crippen molar-refractivity contribution in [2.75, 3.05) is 13.7 Å². The molecular weight excluding hydrogens is 228 g/mol. The molecule has 2 aromatic rings. The lowest BCUT2D eigenvalue weighted by Crippen LogP contribution is -1.98. The summed E-state index contributed by atoms with van der Waals surface area (Å²) in [4.78, 5) is 0. The summed E-state index contributed by atoms with van der Waals surface area (Å²) in [6.45, 7) is 0.925. The Kier molecular flexibility index (Phi) is 3.85. The molecule has 0 aliphatic rings. The van der Waals surface area contributed by atoms with E-state index >= 15 is 0 Å². The van der Waals surface area contributed by atoms with Gasteiger partial charge in [-0.3, -0.25) is 0 Å². The number of rotatable bonds is 5. The Bertz CT molecular complexity index is 581. The zero-order chi connectivity index (χ0) is 13.0. The van der Waals surface area contributed by atoms with Gasteiger partial charge < -0.3 is 14.4 Å². The summed E-state index contributed by atoms with van der Waals surface area (Å²) in [5.41, 5.74) is 2.08. The lowest BCUT2D eigenvalue weighted by Gasteiger charge is -2.04. The van der Waals surface area contributed by atoms with E-state index < -0.39 is 0 Å². The molecule has 0 atom stereocenters. The molecule has 0 amide bonds. The minimum atomic E-state index is 0.170. The van der Waals surface area contributed by atoms with E-state index in [0.717, 1.165) is 28.8 Å². The molecule has 1 N–H and O–H groups in total. The number of hydrogen-bond donors (Lipinski definition) is 1. The fourth-order valence-electron chi connectivity index (χ4n) is 2.13. The van der Waals surface area contributed by atoms with Crippen molar-refractivity contribution in [3.8, 4) is 11.8 Å². The van der Waals surface area contributed by atoms with Crippen LogP contribution < -0.4 is 4.74 Å². The lowest BCUT2D eigenvalue weighted by molar-refractivity contribution is 0.280. The number of ether oxygens (including phenoxy) is 1. The van der Waals surface area contributed by atoms with E-state index in [-0.39, 0.29) is 6.61 Å². The van der Waals surface area contributed by atoms with Crippen LogP contribution in [0.1, 0.15) is 12.0 Å². The SMILES string of the molecule is COc1ccc2c(c1)c(CC#N)cn2CCCO. The van der Waals surface area contributed by atoms with Crippen LogP contribution in [0.5, 0.6) is 5.75 Å². The van der Waals surface area contributed by atoms with Gasteiger partial charge >= 0.3 is 0 Å². The van der Waals surface area contributed by atoms with E-state index in [1.54, 1.807) is 7.11 Å². The Morgan fingerprint density at radius 1 is 1.44 bits per heavy atom. The van der Waals surface area contributed by atoms with Crippen LogP contribution in [0.25, 0.3) is 10.9 Å². The largest absolute Gasteiger partial charge is 0.497 e. The highest BCUT2D eigenvalue weighted by Gasteiger charge is 2.09. The Balaban J connectivity index is 2.50. The third-order valence-corrected chi connectivity index (χ3v) is 3.00. The summed E-state index contributed by atoms with van der Waals surface area (Å²) in [6.07, 6.45) is 3.08. The number of fused-ring (bicyclic) bond motifs is 1. The second-order valence-corrected chi connectivity index (χ2v) is 4.14. The summed E-state index contributed by atoms with van der Waals surface area (Å²) in [7, 11) is 1.63. The molecule has 0 fully saturated rings. The normalized spacial score (nSPS) is 10.5. The number of hydrogen-bond acceptors (Lipinski definition) is 3. The van der Waals surface area contributed by atoms with Crippen LogP contribution in [-0.4, -0.2) is 23.4 Å². The standard InChI is InChI=1S/C14H16N2O2/c1-18-12-3-4-14-13(9-12)11(5-6-15)10-16(14)7-2-8-17/h3-4,9-10,17H,2,5,7-8H2,1H3. The van der Waals surface area contributed by atoms with E-state index in [2.05, 4.69) is 10.6 Å². The first kappa shape index (κ1) is 12.5. The number of benzene rings is 1. The number of methoxy groups -OCH3 is 1. The number of aliphatic hydroxyl groups is 1. The van der Waals surface area contributed by atoms with Gasteiger partial charge in [-0.05, 0) is 30.2 Å². The third kappa shape index (κ3) is 2.31. The first-order chi connectivity index (χ1) is 8.80. The van der Waals surface area contributed by atoms with Crippen molar-refractivity contribution in [3.05, 3.63) is 30.0 Å². The van der Waals surface area contributed by atoms with Crippen molar-refractivity contribution in [1.29, 1.82) is 5.26 Å². The van der Waals surface area contributed by atoms with Crippen LogP contribution in [0, 0.1) is 11.3 Å². The van der Waals surface area contributed by atoms with Crippen LogP contribution in [0.15, 0.2) is 24.4 Å². The maximum Gasteiger partial charge on any atom is 0.119 e. The molecule has 4 heteroatoms. The fraction of sp³-hybridized carbons (Fsp3) is 0.357. The van der Waals surface area contributed by atoms with Gasteiger partial charge in [0.1, 0.15) is 5.75 Å². The average molecular weight is 244 g/mol. The molecule has 0 saturated carbocycles. The van der Waals surface area contributed by atoms with Crippen molar-refractivity contribution in [1.82, 2.24) is 4.57 Å². The Morgan fingerprint density at radius 3 is 2.94 bits per heavy atom. The van der Waals surface area contributed by atoms with E-state index in [0.29, 0.717) is 12.8 Å². The molecule has 1 aromatic heterocycles. The zero-order valence-electron chi connectivity index (χ0n) is 10.4. The molecule has 0 saturated heterocycles. The predicted octanol–water partition coefficient (Wildman–Crippen LogP) is 2.10. The topological polar surface area (TPSA) is 58.2 Å². The van der Waals surface area contributed by atoms with Crippen molar-refractivity contribution in [3.63, 3.8) is 0 Å². The van der Waals surface area contributed by atoms with Crippen molar-refractivity contribution < 1.29 is 9.84 Å². The highest BCUT2D eigenvalue weighted by molar-refractivity contribution is 5.85. The highest BCUT2D eigenvalue weighted by Crippen LogP contribution is 2.26. The van der Waals surface area contributed by atoms with Gasteiger partial charge in [-0.25, -0.2) is 0 Å². The summed E-state index contributed by atoms with van der Waals surface area (Å²) >= 11 is 0. The molecule has 2 rings (SSSR count). The molecule has 0 unspecified atom stereocenters. The molecule has 94 valence electrons. The van der Waals surface area contributed by atoms with Crippen molar-refractivity contribution >= 4 is 10.9 Å². The number of nitrogens with zero attached hydrogens (tertiary/aromatic N) is 2. The molecule has 0 spiro atoms. The van der Waals surface area contributed by atoms with Gasteiger partial charge in [0.2, 0.25) is 0 Å². The number of aromatic nitrogens is 1. The minimum absolute atomic E-state index is 0.170. The smallest absolute Gasteiger partial charge is 0.119 e. The molecular formula is C14H16N2O2. The minimum Gasteiger partial charge on any atom is -0.497 e. The Hall–Kier alpha value is -1.99. The second-order valence-electron chi connectivity index (χ2n) is 4.14. The third-order valence-electron chi connectivity index (χ3n) is 3.00. The number of aliphatic hydroxyl groups excluding tert-OH is 1. The maximum atomic E-state index is 8.91. The van der Waals surface area contributed by atoms with E-state index in [1.807, 2.05) is 24.4 Å². The van der Waals surface area contributed by atoms with Crippen LogP contribution >= 0.6 is 0 Å². The van der Waals surface area contributed by atoms with Gasteiger partial charge in [0.15, 0.2) is 0 Å². The summed E-state index contributed by atoms with van der Waals surface area (Å²) < 4.78 is 7.29. The average Bonchev–Trinajstić information content (AvgIpc) is 2.74. The molecule has 0 radical (unpaired) electrons. The van der Waals surface area contributed by atoms with Crippen molar-refractivity contribution in [2.45, 2.75) is 19.4 Å².